The van der Waals surface area contributed by atoms with Crippen molar-refractivity contribution in [2.24, 2.45) is 0 Å². The molecule has 0 bridgehead atoms. The standard InChI is InChI=1S/C12H21N3S2/c1-3-10-9-15(5-6-16-10)12-14-8-11(17-12)7-13-4-2/h8,10,13H,3-7,9H2,1-2H3. The molecule has 96 valence electrons. The van der Waals surface area contributed by atoms with E-state index in [0.717, 1.165) is 31.4 Å². The van der Waals surface area contributed by atoms with Gasteiger partial charge in [0.2, 0.25) is 0 Å². The molecule has 2 rings (SSSR count). The molecular weight excluding hydrogens is 250 g/mol. The van der Waals surface area contributed by atoms with Crippen LogP contribution in [-0.4, -0.2) is 35.6 Å². The maximum absolute atomic E-state index is 4.56. The topological polar surface area (TPSA) is 28.2 Å². The average Bonchev–Trinajstić information content (AvgIpc) is 2.85. The zero-order chi connectivity index (χ0) is 12.1. The normalized spacial score (nSPS) is 20.8. The maximum Gasteiger partial charge on any atom is 0.185 e. The van der Waals surface area contributed by atoms with Crippen molar-refractivity contribution >= 4 is 28.2 Å². The van der Waals surface area contributed by atoms with Crippen LogP contribution >= 0.6 is 23.1 Å². The van der Waals surface area contributed by atoms with Crippen LogP contribution in [0.25, 0.3) is 0 Å². The summed E-state index contributed by atoms with van der Waals surface area (Å²) in [5, 5.41) is 5.34. The Labute approximate surface area is 112 Å². The number of hydrogen-bond donors (Lipinski definition) is 1. The maximum atomic E-state index is 4.56. The third-order valence-electron chi connectivity index (χ3n) is 2.96. The highest BCUT2D eigenvalue weighted by atomic mass is 32.2. The second-order valence-corrected chi connectivity index (χ2v) is 6.74. The first-order valence-corrected chi connectivity index (χ1v) is 8.22. The monoisotopic (exact) mass is 271 g/mol. The molecule has 0 aliphatic carbocycles. The van der Waals surface area contributed by atoms with Gasteiger partial charge in [0.1, 0.15) is 0 Å². The minimum atomic E-state index is 0.782. The molecule has 1 unspecified atom stereocenters. The minimum absolute atomic E-state index is 0.782. The van der Waals surface area contributed by atoms with E-state index in [9.17, 15) is 0 Å². The zero-order valence-corrected chi connectivity index (χ0v) is 12.2. The van der Waals surface area contributed by atoms with Crippen molar-refractivity contribution in [2.45, 2.75) is 32.1 Å². The number of rotatable bonds is 5. The Kier molecular flexibility index (Phi) is 5.13. The summed E-state index contributed by atoms with van der Waals surface area (Å²) in [7, 11) is 0. The second-order valence-electron chi connectivity index (χ2n) is 4.24. The number of hydrogen-bond acceptors (Lipinski definition) is 5. The molecule has 1 aromatic heterocycles. The van der Waals surface area contributed by atoms with Crippen molar-refractivity contribution < 1.29 is 0 Å². The molecule has 3 nitrogen and oxygen atoms in total. The highest BCUT2D eigenvalue weighted by molar-refractivity contribution is 8.00. The summed E-state index contributed by atoms with van der Waals surface area (Å²) in [5.74, 6) is 1.24. The van der Waals surface area contributed by atoms with Crippen molar-refractivity contribution in [3.8, 4) is 0 Å². The van der Waals surface area contributed by atoms with Crippen molar-refractivity contribution in [2.75, 3.05) is 30.3 Å². The van der Waals surface area contributed by atoms with Gasteiger partial charge in [0.25, 0.3) is 0 Å². The van der Waals surface area contributed by atoms with Crippen molar-refractivity contribution in [3.63, 3.8) is 0 Å². The summed E-state index contributed by atoms with van der Waals surface area (Å²) in [5.41, 5.74) is 0. The van der Waals surface area contributed by atoms with Crippen LogP contribution in [0.4, 0.5) is 5.13 Å². The van der Waals surface area contributed by atoms with E-state index < -0.39 is 0 Å². The summed E-state index contributed by atoms with van der Waals surface area (Å²) in [6, 6.07) is 0. The molecule has 1 N–H and O–H groups in total. The minimum Gasteiger partial charge on any atom is -0.346 e. The van der Waals surface area contributed by atoms with Crippen LogP contribution < -0.4 is 10.2 Å². The first-order chi connectivity index (χ1) is 8.33. The van der Waals surface area contributed by atoms with Crippen LogP contribution in [0, 0.1) is 0 Å². The van der Waals surface area contributed by atoms with Crippen LogP contribution in [0.1, 0.15) is 25.1 Å². The lowest BCUT2D eigenvalue weighted by atomic mass is 10.3. The summed E-state index contributed by atoms with van der Waals surface area (Å²) < 4.78 is 0. The number of anilines is 1. The van der Waals surface area contributed by atoms with E-state index in [-0.39, 0.29) is 0 Å². The first-order valence-electron chi connectivity index (χ1n) is 6.35. The Balaban J connectivity index is 1.94. The molecule has 1 atom stereocenters. The second kappa shape index (κ2) is 6.61. The number of aromatic nitrogens is 1. The molecule has 5 heteroatoms. The lowest BCUT2D eigenvalue weighted by molar-refractivity contribution is 0.726. The van der Waals surface area contributed by atoms with Crippen LogP contribution in [0.5, 0.6) is 0 Å². The van der Waals surface area contributed by atoms with Gasteiger partial charge in [0, 0.05) is 41.7 Å². The van der Waals surface area contributed by atoms with Crippen LogP contribution in [0.2, 0.25) is 0 Å². The lowest BCUT2D eigenvalue weighted by Crippen LogP contribution is -2.37. The number of thiazole rings is 1. The van der Waals surface area contributed by atoms with Gasteiger partial charge < -0.3 is 10.2 Å². The Bertz CT molecular complexity index is 340. The fraction of sp³-hybridized carbons (Fsp3) is 0.750. The molecule has 2 heterocycles. The summed E-state index contributed by atoms with van der Waals surface area (Å²) in [6.07, 6.45) is 3.28. The molecule has 0 amide bonds. The van der Waals surface area contributed by atoms with E-state index in [1.165, 1.54) is 22.2 Å². The van der Waals surface area contributed by atoms with Crippen LogP contribution in [0.15, 0.2) is 6.20 Å². The largest absolute Gasteiger partial charge is 0.346 e. The van der Waals surface area contributed by atoms with E-state index in [0.29, 0.717) is 0 Å². The molecule has 0 spiro atoms. The molecule has 1 fully saturated rings. The van der Waals surface area contributed by atoms with Gasteiger partial charge in [-0.05, 0) is 13.0 Å². The van der Waals surface area contributed by atoms with Gasteiger partial charge in [-0.3, -0.25) is 0 Å². The highest BCUT2D eigenvalue weighted by Crippen LogP contribution is 2.28. The molecule has 17 heavy (non-hydrogen) atoms. The van der Waals surface area contributed by atoms with Crippen LogP contribution in [0.3, 0.4) is 0 Å². The van der Waals surface area contributed by atoms with Gasteiger partial charge >= 0.3 is 0 Å². The Hall–Kier alpha value is -0.260. The Morgan fingerprint density at radius 1 is 1.53 bits per heavy atom. The average molecular weight is 271 g/mol. The van der Waals surface area contributed by atoms with E-state index in [2.05, 4.69) is 40.8 Å². The molecule has 1 saturated heterocycles. The highest BCUT2D eigenvalue weighted by Gasteiger charge is 2.21. The third kappa shape index (κ3) is 3.60. The third-order valence-corrected chi connectivity index (χ3v) is 5.39. The zero-order valence-electron chi connectivity index (χ0n) is 10.6. The van der Waals surface area contributed by atoms with Crippen molar-refractivity contribution in [1.82, 2.24) is 10.3 Å². The molecular formula is C12H21N3S2. The Morgan fingerprint density at radius 3 is 3.18 bits per heavy atom. The molecule has 1 aliphatic rings. The number of nitrogens with zero attached hydrogens (tertiary/aromatic N) is 2. The Morgan fingerprint density at radius 2 is 2.41 bits per heavy atom. The van der Waals surface area contributed by atoms with Crippen molar-refractivity contribution in [3.05, 3.63) is 11.1 Å². The van der Waals surface area contributed by atoms with Crippen molar-refractivity contribution in [1.29, 1.82) is 0 Å². The van der Waals surface area contributed by atoms with Gasteiger partial charge in [-0.15, -0.1) is 11.3 Å². The molecule has 0 radical (unpaired) electrons. The predicted octanol–water partition coefficient (Wildman–Crippen LogP) is 2.58. The SMILES string of the molecule is CCNCc1cnc(N2CCSC(CC)C2)s1. The van der Waals surface area contributed by atoms with Gasteiger partial charge in [0.05, 0.1) is 0 Å². The van der Waals surface area contributed by atoms with Crippen LogP contribution in [-0.2, 0) is 6.54 Å². The summed E-state index contributed by atoms with van der Waals surface area (Å²) in [4.78, 5) is 8.35. The van der Waals surface area contributed by atoms with Gasteiger partial charge in [-0.1, -0.05) is 13.8 Å². The number of nitrogens with one attached hydrogen (secondary N) is 1. The molecule has 0 aromatic carbocycles. The van der Waals surface area contributed by atoms with E-state index in [4.69, 9.17) is 0 Å². The predicted molar refractivity (Wildman–Crippen MR) is 78.2 cm³/mol. The smallest absolute Gasteiger partial charge is 0.185 e. The first kappa shape index (κ1) is 13.2. The fourth-order valence-electron chi connectivity index (χ4n) is 1.91. The van der Waals surface area contributed by atoms with E-state index in [1.807, 2.05) is 17.5 Å². The molecule has 0 saturated carbocycles. The quantitative estimate of drug-likeness (QED) is 0.891. The summed E-state index contributed by atoms with van der Waals surface area (Å²) >= 11 is 3.94. The van der Waals surface area contributed by atoms with E-state index >= 15 is 0 Å². The lowest BCUT2D eigenvalue weighted by Gasteiger charge is -2.31. The van der Waals surface area contributed by atoms with E-state index in [1.54, 1.807) is 0 Å². The molecule has 1 aliphatic heterocycles. The van der Waals surface area contributed by atoms with Gasteiger partial charge in [-0.2, -0.15) is 11.8 Å². The fourth-order valence-corrected chi connectivity index (χ4v) is 4.01. The summed E-state index contributed by atoms with van der Waals surface area (Å²) in [6.45, 7) is 8.69. The van der Waals surface area contributed by atoms with Gasteiger partial charge in [0.15, 0.2) is 5.13 Å². The number of thioether (sulfide) groups is 1. The molecule has 1 aromatic rings. The van der Waals surface area contributed by atoms with Gasteiger partial charge in [-0.25, -0.2) is 4.98 Å².